The minimum atomic E-state index is -0.246. The molecule has 0 aliphatic carbocycles. The lowest BCUT2D eigenvalue weighted by Gasteiger charge is -2.04. The predicted octanol–water partition coefficient (Wildman–Crippen LogP) is 4.00. The van der Waals surface area contributed by atoms with Gasteiger partial charge in [-0.2, -0.15) is 5.10 Å². The summed E-state index contributed by atoms with van der Waals surface area (Å²) in [5.41, 5.74) is 4.22. The van der Waals surface area contributed by atoms with Crippen molar-refractivity contribution < 1.29 is 4.79 Å². The molecule has 1 N–H and O–H groups in total. The first-order chi connectivity index (χ1) is 12.0. The number of aryl methyl sites for hydroxylation is 3. The number of amides is 1. The number of rotatable bonds is 5. The number of hydrogen-bond acceptors (Lipinski definition) is 4. The molecule has 0 aliphatic rings. The van der Waals surface area contributed by atoms with Crippen LogP contribution in [0.3, 0.4) is 0 Å². The second-order valence-corrected chi connectivity index (χ2v) is 7.02. The first kappa shape index (κ1) is 17.6. The van der Waals surface area contributed by atoms with E-state index in [0.29, 0.717) is 23.7 Å². The average molecular weight is 375 g/mol. The van der Waals surface area contributed by atoms with Gasteiger partial charge in [-0.05, 0) is 13.3 Å². The number of halogens is 1. The van der Waals surface area contributed by atoms with Crippen LogP contribution in [0.4, 0.5) is 0 Å². The highest BCUT2D eigenvalue weighted by molar-refractivity contribution is 7.13. The molecule has 1 amide bonds. The van der Waals surface area contributed by atoms with Crippen LogP contribution in [0.25, 0.3) is 10.6 Å². The third-order valence-electron chi connectivity index (χ3n) is 3.89. The van der Waals surface area contributed by atoms with Crippen molar-refractivity contribution in [1.29, 1.82) is 0 Å². The second kappa shape index (κ2) is 7.37. The standard InChI is InChI=1S/C18H19ClN4OS/c1-4-14-15(19)16(23(3)22-14)17(24)20-9-13-10-25-18(21-13)12-7-5-11(2)6-8-12/h5-8,10H,4,9H2,1-3H3,(H,20,24). The number of carbonyl (C=O) groups is 1. The quantitative estimate of drug-likeness (QED) is 0.734. The van der Waals surface area contributed by atoms with Gasteiger partial charge in [-0.15, -0.1) is 11.3 Å². The van der Waals surface area contributed by atoms with E-state index in [4.69, 9.17) is 11.6 Å². The Kier molecular flexibility index (Phi) is 5.20. The van der Waals surface area contributed by atoms with Crippen LogP contribution in [0.5, 0.6) is 0 Å². The van der Waals surface area contributed by atoms with E-state index in [0.717, 1.165) is 22.0 Å². The van der Waals surface area contributed by atoms with Crippen molar-refractivity contribution in [3.05, 3.63) is 57.3 Å². The lowest BCUT2D eigenvalue weighted by atomic mass is 10.2. The molecule has 2 aromatic heterocycles. The van der Waals surface area contributed by atoms with Gasteiger partial charge in [-0.1, -0.05) is 48.4 Å². The third kappa shape index (κ3) is 3.75. The van der Waals surface area contributed by atoms with Gasteiger partial charge >= 0.3 is 0 Å². The lowest BCUT2D eigenvalue weighted by molar-refractivity contribution is 0.0941. The van der Waals surface area contributed by atoms with Gasteiger partial charge in [-0.3, -0.25) is 9.48 Å². The highest BCUT2D eigenvalue weighted by Gasteiger charge is 2.19. The Balaban J connectivity index is 1.69. The zero-order valence-electron chi connectivity index (χ0n) is 14.3. The molecule has 25 heavy (non-hydrogen) atoms. The SMILES string of the molecule is CCc1nn(C)c(C(=O)NCc2csc(-c3ccc(C)cc3)n2)c1Cl. The van der Waals surface area contributed by atoms with Crippen molar-refractivity contribution >= 4 is 28.8 Å². The van der Waals surface area contributed by atoms with Crippen LogP contribution in [0, 0.1) is 6.92 Å². The zero-order valence-corrected chi connectivity index (χ0v) is 15.9. The van der Waals surface area contributed by atoms with E-state index in [2.05, 4.69) is 46.6 Å². The maximum absolute atomic E-state index is 12.4. The summed E-state index contributed by atoms with van der Waals surface area (Å²) in [7, 11) is 1.72. The molecule has 1 aromatic carbocycles. The Morgan fingerprint density at radius 2 is 2.04 bits per heavy atom. The monoisotopic (exact) mass is 374 g/mol. The van der Waals surface area contributed by atoms with Crippen LogP contribution in [0.1, 0.15) is 34.4 Å². The molecule has 7 heteroatoms. The van der Waals surface area contributed by atoms with Gasteiger partial charge in [0.15, 0.2) is 0 Å². The van der Waals surface area contributed by atoms with E-state index in [1.54, 1.807) is 18.4 Å². The maximum Gasteiger partial charge on any atom is 0.271 e. The fourth-order valence-electron chi connectivity index (χ4n) is 2.50. The third-order valence-corrected chi connectivity index (χ3v) is 5.22. The van der Waals surface area contributed by atoms with Crippen molar-refractivity contribution in [2.75, 3.05) is 0 Å². The fourth-order valence-corrected chi connectivity index (χ4v) is 3.70. The van der Waals surface area contributed by atoms with Crippen molar-refractivity contribution in [3.63, 3.8) is 0 Å². The normalized spacial score (nSPS) is 10.9. The molecule has 0 bridgehead atoms. The molecule has 0 atom stereocenters. The Labute approximate surface area is 155 Å². The number of hydrogen-bond donors (Lipinski definition) is 1. The lowest BCUT2D eigenvalue weighted by Crippen LogP contribution is -2.25. The number of nitrogens with one attached hydrogen (secondary N) is 1. The molecule has 130 valence electrons. The van der Waals surface area contributed by atoms with E-state index in [9.17, 15) is 4.79 Å². The van der Waals surface area contributed by atoms with Crippen LogP contribution < -0.4 is 5.32 Å². The van der Waals surface area contributed by atoms with Gasteiger partial charge in [0.2, 0.25) is 0 Å². The zero-order chi connectivity index (χ0) is 18.0. The molecule has 5 nitrogen and oxygen atoms in total. The van der Waals surface area contributed by atoms with Gasteiger partial charge in [0.25, 0.3) is 5.91 Å². The smallest absolute Gasteiger partial charge is 0.271 e. The average Bonchev–Trinajstić information content (AvgIpc) is 3.18. The minimum absolute atomic E-state index is 0.246. The molecular formula is C18H19ClN4OS. The molecule has 0 fully saturated rings. The molecule has 0 radical (unpaired) electrons. The summed E-state index contributed by atoms with van der Waals surface area (Å²) in [4.78, 5) is 17.0. The van der Waals surface area contributed by atoms with E-state index < -0.39 is 0 Å². The van der Waals surface area contributed by atoms with Crippen LogP contribution in [0.2, 0.25) is 5.02 Å². The van der Waals surface area contributed by atoms with Gasteiger partial charge in [0.1, 0.15) is 10.7 Å². The van der Waals surface area contributed by atoms with E-state index >= 15 is 0 Å². The van der Waals surface area contributed by atoms with Gasteiger partial charge in [0, 0.05) is 18.0 Å². The maximum atomic E-state index is 12.4. The number of carbonyl (C=O) groups excluding carboxylic acids is 1. The van der Waals surface area contributed by atoms with Crippen molar-refractivity contribution in [3.8, 4) is 10.6 Å². The largest absolute Gasteiger partial charge is 0.345 e. The van der Waals surface area contributed by atoms with Gasteiger partial charge < -0.3 is 5.32 Å². The second-order valence-electron chi connectivity index (χ2n) is 5.78. The van der Waals surface area contributed by atoms with Crippen LogP contribution in [0.15, 0.2) is 29.6 Å². The topological polar surface area (TPSA) is 59.8 Å². The Morgan fingerprint density at radius 3 is 2.68 bits per heavy atom. The van der Waals surface area contributed by atoms with Crippen LogP contribution in [-0.2, 0) is 20.0 Å². The number of aromatic nitrogens is 3. The summed E-state index contributed by atoms with van der Waals surface area (Å²) in [6.07, 6.45) is 0.686. The summed E-state index contributed by atoms with van der Waals surface area (Å²) in [5.74, 6) is -0.246. The highest BCUT2D eigenvalue weighted by Crippen LogP contribution is 2.24. The first-order valence-corrected chi connectivity index (χ1v) is 9.26. The first-order valence-electron chi connectivity index (χ1n) is 8.00. The van der Waals surface area contributed by atoms with E-state index in [1.807, 2.05) is 12.3 Å². The summed E-state index contributed by atoms with van der Waals surface area (Å²) >= 11 is 7.81. The summed E-state index contributed by atoms with van der Waals surface area (Å²) in [5, 5.41) is 10.4. The van der Waals surface area contributed by atoms with Crippen molar-refractivity contribution in [2.45, 2.75) is 26.8 Å². The number of thiazole rings is 1. The van der Waals surface area contributed by atoms with E-state index in [-0.39, 0.29) is 5.91 Å². The Hall–Kier alpha value is -2.18. The molecule has 2 heterocycles. The Bertz CT molecular complexity index is 898. The Morgan fingerprint density at radius 1 is 1.32 bits per heavy atom. The molecule has 3 rings (SSSR count). The molecule has 0 spiro atoms. The van der Waals surface area contributed by atoms with Gasteiger partial charge in [-0.25, -0.2) is 4.98 Å². The number of benzene rings is 1. The van der Waals surface area contributed by atoms with Crippen LogP contribution in [-0.4, -0.2) is 20.7 Å². The van der Waals surface area contributed by atoms with Crippen LogP contribution >= 0.6 is 22.9 Å². The predicted molar refractivity (Wildman–Crippen MR) is 101 cm³/mol. The van der Waals surface area contributed by atoms with Crippen molar-refractivity contribution in [1.82, 2.24) is 20.1 Å². The molecule has 0 saturated heterocycles. The fraction of sp³-hybridized carbons (Fsp3) is 0.278. The van der Waals surface area contributed by atoms with E-state index in [1.165, 1.54) is 10.2 Å². The van der Waals surface area contributed by atoms with Crippen molar-refractivity contribution in [2.24, 2.45) is 7.05 Å². The molecular weight excluding hydrogens is 356 g/mol. The molecule has 3 aromatic rings. The number of nitrogens with zero attached hydrogens (tertiary/aromatic N) is 3. The molecule has 0 unspecified atom stereocenters. The summed E-state index contributed by atoms with van der Waals surface area (Å²) in [6, 6.07) is 8.23. The molecule has 0 aliphatic heterocycles. The van der Waals surface area contributed by atoms with Gasteiger partial charge in [0.05, 0.1) is 23.0 Å². The minimum Gasteiger partial charge on any atom is -0.345 e. The summed E-state index contributed by atoms with van der Waals surface area (Å²) < 4.78 is 1.52. The highest BCUT2D eigenvalue weighted by atomic mass is 35.5. The molecule has 0 saturated carbocycles. The summed E-state index contributed by atoms with van der Waals surface area (Å²) in [6.45, 7) is 4.36.